The van der Waals surface area contributed by atoms with Crippen molar-refractivity contribution in [2.75, 3.05) is 0 Å². The summed E-state index contributed by atoms with van der Waals surface area (Å²) in [5.74, 6) is 0.536. The molecule has 0 aliphatic rings. The predicted octanol–water partition coefficient (Wildman–Crippen LogP) is 4.22. The fourth-order valence-corrected chi connectivity index (χ4v) is 2.28. The van der Waals surface area contributed by atoms with Crippen molar-refractivity contribution in [3.8, 4) is 11.3 Å². The number of ketones is 1. The van der Waals surface area contributed by atoms with Crippen LogP contribution in [0.3, 0.4) is 0 Å². The van der Waals surface area contributed by atoms with Crippen molar-refractivity contribution in [2.45, 2.75) is 32.6 Å². The van der Waals surface area contributed by atoms with Crippen LogP contribution in [0.25, 0.3) is 11.3 Å². The zero-order valence-electron chi connectivity index (χ0n) is 11.5. The van der Waals surface area contributed by atoms with Gasteiger partial charge in [-0.25, -0.2) is 0 Å². The molecule has 0 bridgehead atoms. The van der Waals surface area contributed by atoms with Gasteiger partial charge in [0.05, 0.1) is 5.69 Å². The first-order chi connectivity index (χ1) is 9.22. The summed E-state index contributed by atoms with van der Waals surface area (Å²) in [5.41, 5.74) is 3.29. The van der Waals surface area contributed by atoms with Gasteiger partial charge in [0, 0.05) is 24.6 Å². The van der Waals surface area contributed by atoms with Crippen LogP contribution in [0.1, 0.15) is 38.2 Å². The second-order valence-electron chi connectivity index (χ2n) is 4.80. The number of benzene rings is 1. The van der Waals surface area contributed by atoms with E-state index in [0.29, 0.717) is 18.6 Å². The van der Waals surface area contributed by atoms with Crippen LogP contribution >= 0.6 is 0 Å². The molecule has 0 aliphatic carbocycles. The lowest BCUT2D eigenvalue weighted by Gasteiger charge is -2.15. The number of hydrogen-bond acceptors (Lipinski definition) is 2. The van der Waals surface area contributed by atoms with Crippen molar-refractivity contribution in [3.63, 3.8) is 0 Å². The van der Waals surface area contributed by atoms with Gasteiger partial charge in [-0.05, 0) is 23.6 Å². The van der Waals surface area contributed by atoms with Gasteiger partial charge >= 0.3 is 0 Å². The molecule has 0 amide bonds. The van der Waals surface area contributed by atoms with Crippen molar-refractivity contribution >= 4 is 5.78 Å². The van der Waals surface area contributed by atoms with Crippen LogP contribution in [0.15, 0.2) is 48.7 Å². The molecular formula is C17H19NO. The van der Waals surface area contributed by atoms with Gasteiger partial charge in [0.2, 0.25) is 0 Å². The third-order valence-electron chi connectivity index (χ3n) is 3.36. The maximum Gasteiger partial charge on any atom is 0.133 e. The summed E-state index contributed by atoms with van der Waals surface area (Å²) < 4.78 is 0. The van der Waals surface area contributed by atoms with E-state index < -0.39 is 0 Å². The molecule has 0 N–H and O–H groups in total. The highest BCUT2D eigenvalue weighted by molar-refractivity contribution is 5.79. The molecular weight excluding hydrogens is 234 g/mol. The van der Waals surface area contributed by atoms with E-state index in [1.54, 1.807) is 6.20 Å². The first-order valence-electron chi connectivity index (χ1n) is 6.74. The molecule has 0 unspecified atom stereocenters. The molecule has 1 aromatic heterocycles. The van der Waals surface area contributed by atoms with E-state index in [9.17, 15) is 4.79 Å². The van der Waals surface area contributed by atoms with Gasteiger partial charge in [-0.3, -0.25) is 9.78 Å². The Morgan fingerprint density at radius 1 is 1.16 bits per heavy atom. The zero-order chi connectivity index (χ0) is 13.7. The molecule has 0 saturated carbocycles. The van der Waals surface area contributed by atoms with Crippen LogP contribution in [0, 0.1) is 0 Å². The Morgan fingerprint density at radius 2 is 1.89 bits per heavy atom. The molecule has 2 heteroatoms. The van der Waals surface area contributed by atoms with Gasteiger partial charge in [-0.15, -0.1) is 0 Å². The minimum atomic E-state index is 0.227. The largest absolute Gasteiger partial charge is 0.300 e. The van der Waals surface area contributed by atoms with E-state index in [2.05, 4.69) is 24.0 Å². The Labute approximate surface area is 114 Å². The summed E-state index contributed by atoms with van der Waals surface area (Å²) in [5, 5.41) is 0. The quantitative estimate of drug-likeness (QED) is 0.798. The molecule has 1 aromatic carbocycles. The van der Waals surface area contributed by atoms with Gasteiger partial charge < -0.3 is 0 Å². The lowest BCUT2D eigenvalue weighted by atomic mass is 9.90. The average Bonchev–Trinajstić information content (AvgIpc) is 2.48. The first-order valence-corrected chi connectivity index (χ1v) is 6.74. The molecule has 2 nitrogen and oxygen atoms in total. The minimum Gasteiger partial charge on any atom is -0.300 e. The smallest absolute Gasteiger partial charge is 0.133 e. The molecule has 98 valence electrons. The van der Waals surface area contributed by atoms with Crippen LogP contribution in [0.5, 0.6) is 0 Å². The molecule has 0 fully saturated rings. The second-order valence-corrected chi connectivity index (χ2v) is 4.80. The summed E-state index contributed by atoms with van der Waals surface area (Å²) in [6, 6.07) is 14.1. The Kier molecular flexibility index (Phi) is 4.45. The van der Waals surface area contributed by atoms with Gasteiger partial charge in [0.15, 0.2) is 0 Å². The van der Waals surface area contributed by atoms with E-state index in [1.807, 2.05) is 37.3 Å². The van der Waals surface area contributed by atoms with Crippen molar-refractivity contribution in [3.05, 3.63) is 54.2 Å². The Balaban J connectivity index is 2.34. The second kappa shape index (κ2) is 6.28. The van der Waals surface area contributed by atoms with Gasteiger partial charge in [-0.1, -0.05) is 44.2 Å². The molecule has 0 saturated heterocycles. The van der Waals surface area contributed by atoms with Gasteiger partial charge in [0.1, 0.15) is 5.78 Å². The van der Waals surface area contributed by atoms with Gasteiger partial charge in [0.25, 0.3) is 0 Å². The highest BCUT2D eigenvalue weighted by atomic mass is 16.1. The topological polar surface area (TPSA) is 30.0 Å². The molecule has 2 rings (SSSR count). The van der Waals surface area contributed by atoms with Crippen molar-refractivity contribution in [1.29, 1.82) is 0 Å². The molecule has 2 aromatic rings. The number of Topliss-reactive ketones (excluding diaryl/α,β-unsaturated/α-hetero) is 1. The molecule has 1 heterocycles. The molecule has 0 spiro atoms. The molecule has 0 radical (unpaired) electrons. The summed E-state index contributed by atoms with van der Waals surface area (Å²) >= 11 is 0. The standard InChI is InChI=1S/C17H19NO/c1-3-14(19)12-13(2)15-8-4-5-9-16(15)17-10-6-7-11-18-17/h4-11,13H,3,12H2,1-2H3/t13-/m0/s1. The maximum absolute atomic E-state index is 11.6. The van der Waals surface area contributed by atoms with Crippen molar-refractivity contribution in [1.82, 2.24) is 4.98 Å². The fourth-order valence-electron chi connectivity index (χ4n) is 2.28. The number of nitrogens with zero attached hydrogens (tertiary/aromatic N) is 1. The van der Waals surface area contributed by atoms with Crippen LogP contribution in [-0.4, -0.2) is 10.8 Å². The summed E-state index contributed by atoms with van der Waals surface area (Å²) in [6.07, 6.45) is 3.00. The van der Waals surface area contributed by atoms with Crippen LogP contribution in [0.4, 0.5) is 0 Å². The van der Waals surface area contributed by atoms with Gasteiger partial charge in [-0.2, -0.15) is 0 Å². The first kappa shape index (κ1) is 13.5. The normalized spacial score (nSPS) is 12.1. The predicted molar refractivity (Wildman–Crippen MR) is 78.0 cm³/mol. The van der Waals surface area contributed by atoms with E-state index in [-0.39, 0.29) is 5.92 Å². The van der Waals surface area contributed by atoms with E-state index in [1.165, 1.54) is 5.56 Å². The molecule has 0 aliphatic heterocycles. The highest BCUT2D eigenvalue weighted by Crippen LogP contribution is 2.29. The third kappa shape index (κ3) is 3.28. The van der Waals surface area contributed by atoms with Crippen LogP contribution in [0.2, 0.25) is 0 Å². The van der Waals surface area contributed by atoms with Crippen LogP contribution in [-0.2, 0) is 4.79 Å². The number of aromatic nitrogens is 1. The van der Waals surface area contributed by atoms with E-state index >= 15 is 0 Å². The van der Waals surface area contributed by atoms with E-state index in [0.717, 1.165) is 11.3 Å². The summed E-state index contributed by atoms with van der Waals surface area (Å²) in [7, 11) is 0. The van der Waals surface area contributed by atoms with Crippen molar-refractivity contribution < 1.29 is 4.79 Å². The van der Waals surface area contributed by atoms with Crippen LogP contribution < -0.4 is 0 Å². The third-order valence-corrected chi connectivity index (χ3v) is 3.36. The zero-order valence-corrected chi connectivity index (χ0v) is 11.5. The van der Waals surface area contributed by atoms with E-state index in [4.69, 9.17) is 0 Å². The number of pyridine rings is 1. The lowest BCUT2D eigenvalue weighted by molar-refractivity contribution is -0.119. The lowest BCUT2D eigenvalue weighted by Crippen LogP contribution is -2.04. The Hall–Kier alpha value is -1.96. The number of carbonyl (C=O) groups is 1. The van der Waals surface area contributed by atoms with Crippen molar-refractivity contribution in [2.24, 2.45) is 0 Å². The average molecular weight is 253 g/mol. The number of carbonyl (C=O) groups excluding carboxylic acids is 1. The highest BCUT2D eigenvalue weighted by Gasteiger charge is 2.14. The number of hydrogen-bond donors (Lipinski definition) is 0. The Bertz CT molecular complexity index is 548. The SMILES string of the molecule is CCC(=O)C[C@H](C)c1ccccc1-c1ccccn1. The summed E-state index contributed by atoms with van der Waals surface area (Å²) in [6.45, 7) is 4.02. The maximum atomic E-state index is 11.6. The molecule has 1 atom stereocenters. The molecule has 19 heavy (non-hydrogen) atoms. The number of rotatable bonds is 5. The minimum absolute atomic E-state index is 0.227. The Morgan fingerprint density at radius 3 is 2.58 bits per heavy atom. The fraction of sp³-hybridized carbons (Fsp3) is 0.294. The summed E-state index contributed by atoms with van der Waals surface area (Å²) in [4.78, 5) is 16.0. The monoisotopic (exact) mass is 253 g/mol.